The number of carbonyl (C=O) groups is 2. The predicted molar refractivity (Wildman–Crippen MR) is 75.8 cm³/mol. The predicted octanol–water partition coefficient (Wildman–Crippen LogP) is 4.87. The highest BCUT2D eigenvalue weighted by atomic mass is 16.6. The van der Waals surface area contributed by atoms with Gasteiger partial charge >= 0.3 is 12.2 Å². The van der Waals surface area contributed by atoms with Gasteiger partial charge in [-0.25, -0.2) is 9.59 Å². The molecule has 0 aromatic heterocycles. The van der Waals surface area contributed by atoms with E-state index in [1.807, 2.05) is 6.92 Å². The molecule has 2 amide bonds. The summed E-state index contributed by atoms with van der Waals surface area (Å²) >= 11 is 0. The summed E-state index contributed by atoms with van der Waals surface area (Å²) in [5.74, 6) is 0. The number of amides is 2. The molecule has 116 valence electrons. The third kappa shape index (κ3) is 13.0. The second kappa shape index (κ2) is 14.0. The van der Waals surface area contributed by atoms with Gasteiger partial charge in [0.1, 0.15) is 0 Å². The molecule has 0 aromatic carbocycles. The first kappa shape index (κ1) is 18.5. The van der Waals surface area contributed by atoms with Crippen molar-refractivity contribution in [3.05, 3.63) is 0 Å². The van der Waals surface area contributed by atoms with Crippen molar-refractivity contribution in [2.24, 2.45) is 10.2 Å². The standard InChI is InChI=1S/C14H26N2O4/c1-3-5-7-8-9-10-12-20-14(18)16-15-13(17)19-11-6-4-2/h3-12H2,1-2H3/b16-15+. The summed E-state index contributed by atoms with van der Waals surface area (Å²) < 4.78 is 9.52. The van der Waals surface area contributed by atoms with Crippen molar-refractivity contribution in [1.29, 1.82) is 0 Å². The molecule has 0 saturated heterocycles. The average Bonchev–Trinajstić information content (AvgIpc) is 2.44. The highest BCUT2D eigenvalue weighted by Gasteiger charge is 2.03. The van der Waals surface area contributed by atoms with Crippen LogP contribution in [0.2, 0.25) is 0 Å². The van der Waals surface area contributed by atoms with Crippen molar-refractivity contribution in [3.8, 4) is 0 Å². The van der Waals surface area contributed by atoms with Crippen LogP contribution in [-0.4, -0.2) is 25.4 Å². The Morgan fingerprint density at radius 3 is 1.70 bits per heavy atom. The SMILES string of the molecule is CCCCCCCCOC(=O)/N=N/C(=O)OCCCC. The summed E-state index contributed by atoms with van der Waals surface area (Å²) in [6.45, 7) is 4.75. The maximum absolute atomic E-state index is 11.1. The molecule has 0 radical (unpaired) electrons. The van der Waals surface area contributed by atoms with E-state index in [1.165, 1.54) is 19.3 Å². The maximum Gasteiger partial charge on any atom is 0.452 e. The van der Waals surface area contributed by atoms with E-state index in [1.54, 1.807) is 0 Å². The molecule has 0 aliphatic heterocycles. The number of unbranched alkanes of at least 4 members (excludes halogenated alkanes) is 6. The van der Waals surface area contributed by atoms with Gasteiger partial charge in [-0.15, -0.1) is 0 Å². The lowest BCUT2D eigenvalue weighted by atomic mass is 10.1. The number of carbonyl (C=O) groups excluding carboxylic acids is 2. The van der Waals surface area contributed by atoms with Crippen LogP contribution in [0.5, 0.6) is 0 Å². The smallest absolute Gasteiger partial charge is 0.447 e. The van der Waals surface area contributed by atoms with E-state index in [4.69, 9.17) is 9.47 Å². The van der Waals surface area contributed by atoms with Gasteiger partial charge in [-0.1, -0.05) is 62.6 Å². The molecule has 0 heterocycles. The minimum atomic E-state index is -0.852. The van der Waals surface area contributed by atoms with Crippen LogP contribution in [0, 0.1) is 0 Å². The molecule has 0 spiro atoms. The number of ether oxygens (including phenoxy) is 2. The van der Waals surface area contributed by atoms with E-state index in [-0.39, 0.29) is 0 Å². The quantitative estimate of drug-likeness (QED) is 0.424. The number of rotatable bonds is 10. The van der Waals surface area contributed by atoms with Crippen molar-refractivity contribution in [1.82, 2.24) is 0 Å². The molecule has 6 heteroatoms. The second-order valence-corrected chi connectivity index (χ2v) is 4.55. The lowest BCUT2D eigenvalue weighted by molar-refractivity contribution is 0.144. The van der Waals surface area contributed by atoms with Crippen LogP contribution < -0.4 is 0 Å². The largest absolute Gasteiger partial charge is 0.452 e. The molecule has 0 bridgehead atoms. The van der Waals surface area contributed by atoms with Crippen LogP contribution in [-0.2, 0) is 9.47 Å². The van der Waals surface area contributed by atoms with Crippen molar-refractivity contribution in [2.45, 2.75) is 65.2 Å². The van der Waals surface area contributed by atoms with E-state index in [2.05, 4.69) is 17.2 Å². The summed E-state index contributed by atoms with van der Waals surface area (Å²) in [7, 11) is 0. The van der Waals surface area contributed by atoms with Crippen LogP contribution in [0.3, 0.4) is 0 Å². The fourth-order valence-electron chi connectivity index (χ4n) is 1.49. The van der Waals surface area contributed by atoms with E-state index in [9.17, 15) is 9.59 Å². The summed E-state index contributed by atoms with van der Waals surface area (Å²) in [5, 5.41) is 6.26. The molecule has 0 atom stereocenters. The molecule has 0 rings (SSSR count). The van der Waals surface area contributed by atoms with Gasteiger partial charge in [0.15, 0.2) is 0 Å². The average molecular weight is 286 g/mol. The zero-order chi connectivity index (χ0) is 15.1. The van der Waals surface area contributed by atoms with Gasteiger partial charge in [-0.3, -0.25) is 0 Å². The Hall–Kier alpha value is -1.46. The highest BCUT2D eigenvalue weighted by Crippen LogP contribution is 2.05. The normalized spacial score (nSPS) is 10.7. The van der Waals surface area contributed by atoms with Gasteiger partial charge in [-0.2, -0.15) is 0 Å². The minimum absolute atomic E-state index is 0.293. The van der Waals surface area contributed by atoms with Gasteiger partial charge in [0, 0.05) is 0 Å². The van der Waals surface area contributed by atoms with Crippen LogP contribution in [0.1, 0.15) is 65.2 Å². The molecule has 0 unspecified atom stereocenters. The first-order valence-corrected chi connectivity index (χ1v) is 7.46. The van der Waals surface area contributed by atoms with Gasteiger partial charge in [-0.05, 0) is 12.8 Å². The summed E-state index contributed by atoms with van der Waals surface area (Å²) in [5.41, 5.74) is 0. The number of hydrogen-bond acceptors (Lipinski definition) is 4. The number of nitrogens with zero attached hydrogens (tertiary/aromatic N) is 2. The molecule has 0 saturated carbocycles. The first-order chi connectivity index (χ1) is 9.70. The molecule has 0 aliphatic rings. The van der Waals surface area contributed by atoms with Crippen molar-refractivity contribution in [2.75, 3.05) is 13.2 Å². The molecular weight excluding hydrogens is 260 g/mol. The summed E-state index contributed by atoms with van der Waals surface area (Å²) in [4.78, 5) is 22.1. The Morgan fingerprint density at radius 1 is 0.700 bits per heavy atom. The van der Waals surface area contributed by atoms with Crippen molar-refractivity contribution in [3.63, 3.8) is 0 Å². The maximum atomic E-state index is 11.1. The van der Waals surface area contributed by atoms with Crippen LogP contribution in [0.15, 0.2) is 10.2 Å². The van der Waals surface area contributed by atoms with Crippen LogP contribution in [0.25, 0.3) is 0 Å². The molecule has 0 fully saturated rings. The van der Waals surface area contributed by atoms with Crippen LogP contribution in [0.4, 0.5) is 9.59 Å². The van der Waals surface area contributed by atoms with Gasteiger partial charge in [0.25, 0.3) is 0 Å². The zero-order valence-corrected chi connectivity index (χ0v) is 12.6. The van der Waals surface area contributed by atoms with Crippen LogP contribution >= 0.6 is 0 Å². The Labute approximate surface area is 120 Å². The molecule has 20 heavy (non-hydrogen) atoms. The van der Waals surface area contributed by atoms with Crippen molar-refractivity contribution < 1.29 is 19.1 Å². The van der Waals surface area contributed by atoms with E-state index in [0.29, 0.717) is 13.2 Å². The van der Waals surface area contributed by atoms with Gasteiger partial charge in [0.2, 0.25) is 0 Å². The number of azo groups is 1. The number of hydrogen-bond donors (Lipinski definition) is 0. The van der Waals surface area contributed by atoms with Crippen molar-refractivity contribution >= 4 is 12.2 Å². The Kier molecular flexibility index (Phi) is 12.9. The lowest BCUT2D eigenvalue weighted by Gasteiger charge is -2.01. The fraction of sp³-hybridized carbons (Fsp3) is 0.857. The molecule has 0 N–H and O–H groups in total. The van der Waals surface area contributed by atoms with Gasteiger partial charge < -0.3 is 9.47 Å². The van der Waals surface area contributed by atoms with E-state index < -0.39 is 12.2 Å². The van der Waals surface area contributed by atoms with E-state index in [0.717, 1.165) is 32.1 Å². The van der Waals surface area contributed by atoms with E-state index >= 15 is 0 Å². The third-order valence-corrected chi connectivity index (χ3v) is 2.66. The first-order valence-electron chi connectivity index (χ1n) is 7.46. The monoisotopic (exact) mass is 286 g/mol. The topological polar surface area (TPSA) is 77.3 Å². The third-order valence-electron chi connectivity index (χ3n) is 2.66. The molecular formula is C14H26N2O4. The molecule has 6 nitrogen and oxygen atoms in total. The lowest BCUT2D eigenvalue weighted by Crippen LogP contribution is -2.03. The molecule has 0 aromatic rings. The summed E-state index contributed by atoms with van der Waals surface area (Å²) in [6, 6.07) is 0. The summed E-state index contributed by atoms with van der Waals surface area (Å²) in [6.07, 6.45) is 6.66. The minimum Gasteiger partial charge on any atom is -0.447 e. The fourth-order valence-corrected chi connectivity index (χ4v) is 1.49. The molecule has 0 aliphatic carbocycles. The zero-order valence-electron chi connectivity index (χ0n) is 12.6. The Bertz CT molecular complexity index is 293. The Balaban J connectivity index is 3.50. The second-order valence-electron chi connectivity index (χ2n) is 4.55. The highest BCUT2D eigenvalue weighted by molar-refractivity contribution is 5.73. The van der Waals surface area contributed by atoms with Gasteiger partial charge in [0.05, 0.1) is 13.2 Å². The Morgan fingerprint density at radius 2 is 1.15 bits per heavy atom.